The summed E-state index contributed by atoms with van der Waals surface area (Å²) in [7, 11) is 0. The van der Waals surface area contributed by atoms with Gasteiger partial charge < -0.3 is 10.5 Å². The van der Waals surface area contributed by atoms with Crippen LogP contribution in [0.15, 0.2) is 24.3 Å². The lowest BCUT2D eigenvalue weighted by atomic mass is 10.1. The first-order valence-corrected chi connectivity index (χ1v) is 7.61. The van der Waals surface area contributed by atoms with Crippen LogP contribution in [0.1, 0.15) is 46.0 Å². The summed E-state index contributed by atoms with van der Waals surface area (Å²) in [6.45, 7) is 0.600. The maximum Gasteiger partial charge on any atom is 0.154 e. The van der Waals surface area contributed by atoms with Crippen molar-refractivity contribution in [1.29, 1.82) is 0 Å². The van der Waals surface area contributed by atoms with Crippen LogP contribution in [0.3, 0.4) is 0 Å². The third kappa shape index (κ3) is 1.95. The van der Waals surface area contributed by atoms with Crippen molar-refractivity contribution in [1.82, 2.24) is 4.98 Å². The number of para-hydroxylation sites is 1. The van der Waals surface area contributed by atoms with E-state index in [4.69, 9.17) is 15.5 Å². The highest BCUT2D eigenvalue weighted by atomic mass is 32.1. The molecule has 1 saturated carbocycles. The molecule has 1 aliphatic carbocycles. The molecule has 1 aromatic heterocycles. The van der Waals surface area contributed by atoms with Crippen LogP contribution in [0.4, 0.5) is 0 Å². The van der Waals surface area contributed by atoms with Gasteiger partial charge in [-0.3, -0.25) is 0 Å². The Balaban J connectivity index is 1.64. The van der Waals surface area contributed by atoms with E-state index in [1.807, 2.05) is 12.1 Å². The fraction of sp³-hybridized carbons (Fsp3) is 0.400. The highest BCUT2D eigenvalue weighted by Gasteiger charge is 2.32. The molecule has 0 radical (unpaired) electrons. The van der Waals surface area contributed by atoms with Gasteiger partial charge in [0.15, 0.2) is 6.10 Å². The Morgan fingerprint density at radius 1 is 1.32 bits per heavy atom. The lowest BCUT2D eigenvalue weighted by molar-refractivity contribution is 0.238. The molecule has 4 rings (SSSR count). The monoisotopic (exact) mass is 272 g/mol. The van der Waals surface area contributed by atoms with Gasteiger partial charge in [0.25, 0.3) is 0 Å². The highest BCUT2D eigenvalue weighted by Crippen LogP contribution is 2.45. The van der Waals surface area contributed by atoms with Crippen LogP contribution in [0.2, 0.25) is 0 Å². The van der Waals surface area contributed by atoms with Crippen LogP contribution in [0.5, 0.6) is 5.75 Å². The van der Waals surface area contributed by atoms with Gasteiger partial charge >= 0.3 is 0 Å². The summed E-state index contributed by atoms with van der Waals surface area (Å²) in [4.78, 5) is 6.07. The van der Waals surface area contributed by atoms with Gasteiger partial charge in [-0.2, -0.15) is 0 Å². The molecule has 2 aromatic rings. The van der Waals surface area contributed by atoms with Crippen molar-refractivity contribution in [3.63, 3.8) is 0 Å². The molecule has 3 nitrogen and oxygen atoms in total. The molecule has 2 heterocycles. The summed E-state index contributed by atoms with van der Waals surface area (Å²) in [6.07, 6.45) is 3.54. The van der Waals surface area contributed by atoms with Gasteiger partial charge in [-0.05, 0) is 24.5 Å². The van der Waals surface area contributed by atoms with E-state index in [1.54, 1.807) is 11.3 Å². The Bertz CT molecular complexity index is 593. The molecule has 1 atom stereocenters. The minimum Gasteiger partial charge on any atom is -0.483 e. The summed E-state index contributed by atoms with van der Waals surface area (Å²) < 4.78 is 6.01. The van der Waals surface area contributed by atoms with Gasteiger partial charge in [0.2, 0.25) is 0 Å². The molecular weight excluding hydrogens is 256 g/mol. The predicted molar refractivity (Wildman–Crippen MR) is 75.5 cm³/mol. The zero-order valence-electron chi connectivity index (χ0n) is 10.6. The minimum atomic E-state index is 0.0835. The fourth-order valence-corrected chi connectivity index (χ4v) is 3.72. The second-order valence-corrected chi connectivity index (χ2v) is 6.37. The lowest BCUT2D eigenvalue weighted by Gasteiger charge is -2.06. The molecule has 0 spiro atoms. The summed E-state index contributed by atoms with van der Waals surface area (Å²) >= 11 is 1.73. The van der Waals surface area contributed by atoms with Crippen molar-refractivity contribution in [2.24, 2.45) is 5.73 Å². The van der Waals surface area contributed by atoms with Gasteiger partial charge in [-0.1, -0.05) is 18.2 Å². The van der Waals surface area contributed by atoms with Crippen molar-refractivity contribution in [2.75, 3.05) is 0 Å². The van der Waals surface area contributed by atoms with E-state index in [1.165, 1.54) is 29.0 Å². The molecule has 4 heteroatoms. The number of nitrogens with zero attached hydrogens (tertiary/aromatic N) is 1. The van der Waals surface area contributed by atoms with Crippen molar-refractivity contribution >= 4 is 11.3 Å². The fourth-order valence-electron chi connectivity index (χ4n) is 2.66. The van der Waals surface area contributed by atoms with Crippen molar-refractivity contribution in [3.8, 4) is 5.75 Å². The Labute approximate surface area is 116 Å². The number of nitrogens with two attached hydrogens (primary N) is 1. The van der Waals surface area contributed by atoms with Crippen molar-refractivity contribution < 1.29 is 4.74 Å². The van der Waals surface area contributed by atoms with Gasteiger partial charge in [-0.15, -0.1) is 11.3 Å². The van der Waals surface area contributed by atoms with Gasteiger partial charge in [0.1, 0.15) is 10.8 Å². The molecule has 0 bridgehead atoms. The van der Waals surface area contributed by atoms with Gasteiger partial charge in [0, 0.05) is 23.8 Å². The Hall–Kier alpha value is -1.39. The predicted octanol–water partition coefficient (Wildman–Crippen LogP) is 3.16. The van der Waals surface area contributed by atoms with Crippen LogP contribution in [-0.2, 0) is 13.0 Å². The first kappa shape index (κ1) is 11.4. The third-order valence-corrected chi connectivity index (χ3v) is 5.00. The molecule has 2 aliphatic rings. The topological polar surface area (TPSA) is 48.1 Å². The Morgan fingerprint density at radius 2 is 2.16 bits per heavy atom. The standard InChI is InChI=1S/C15H16N2OS/c16-8-13-14(9-5-6-9)17-15(19-13)12-7-10-3-1-2-4-11(10)18-12/h1-4,9,12H,5-8,16H2. The first-order chi connectivity index (χ1) is 9.35. The summed E-state index contributed by atoms with van der Waals surface area (Å²) in [5, 5.41) is 1.10. The van der Waals surface area contributed by atoms with Crippen molar-refractivity contribution in [2.45, 2.75) is 37.8 Å². The number of ether oxygens (including phenoxy) is 1. The zero-order chi connectivity index (χ0) is 12.8. The van der Waals surface area contributed by atoms with E-state index in [-0.39, 0.29) is 6.10 Å². The molecule has 1 fully saturated rings. The molecule has 0 saturated heterocycles. The number of hydrogen-bond donors (Lipinski definition) is 1. The van der Waals surface area contributed by atoms with Crippen molar-refractivity contribution in [3.05, 3.63) is 45.4 Å². The summed E-state index contributed by atoms with van der Waals surface area (Å²) in [5.41, 5.74) is 8.36. The molecule has 1 unspecified atom stereocenters. The van der Waals surface area contributed by atoms with Crippen LogP contribution in [0, 0.1) is 0 Å². The SMILES string of the molecule is NCc1sc(C2Cc3ccccc3O2)nc1C1CC1. The molecule has 1 aromatic carbocycles. The average Bonchev–Trinajstić information content (AvgIpc) is 3.05. The number of benzene rings is 1. The quantitative estimate of drug-likeness (QED) is 0.933. The lowest BCUT2D eigenvalue weighted by Crippen LogP contribution is -2.02. The maximum atomic E-state index is 6.01. The van der Waals surface area contributed by atoms with Gasteiger partial charge in [-0.25, -0.2) is 4.98 Å². The molecule has 2 N–H and O–H groups in total. The van der Waals surface area contributed by atoms with E-state index < -0.39 is 0 Å². The average molecular weight is 272 g/mol. The van der Waals surface area contributed by atoms with Crippen LogP contribution in [-0.4, -0.2) is 4.98 Å². The van der Waals surface area contributed by atoms with E-state index >= 15 is 0 Å². The number of aromatic nitrogens is 1. The second kappa shape index (κ2) is 4.32. The van der Waals surface area contributed by atoms with E-state index in [0.717, 1.165) is 17.2 Å². The summed E-state index contributed by atoms with van der Waals surface area (Å²) in [5.74, 6) is 1.66. The maximum absolute atomic E-state index is 6.01. The van der Waals surface area contributed by atoms with Crippen LogP contribution >= 0.6 is 11.3 Å². The molecule has 0 amide bonds. The minimum absolute atomic E-state index is 0.0835. The van der Waals surface area contributed by atoms with E-state index in [0.29, 0.717) is 12.5 Å². The van der Waals surface area contributed by atoms with E-state index in [2.05, 4.69) is 12.1 Å². The summed E-state index contributed by atoms with van der Waals surface area (Å²) in [6, 6.07) is 8.25. The Morgan fingerprint density at radius 3 is 2.89 bits per heavy atom. The zero-order valence-corrected chi connectivity index (χ0v) is 11.5. The number of thiazole rings is 1. The van der Waals surface area contributed by atoms with Crippen LogP contribution < -0.4 is 10.5 Å². The molecule has 1 aliphatic heterocycles. The molecule has 98 valence electrons. The third-order valence-electron chi connectivity index (χ3n) is 3.82. The number of hydrogen-bond acceptors (Lipinski definition) is 4. The second-order valence-electron chi connectivity index (χ2n) is 5.26. The molecule has 19 heavy (non-hydrogen) atoms. The molecular formula is C15H16N2OS. The number of rotatable bonds is 3. The first-order valence-electron chi connectivity index (χ1n) is 6.79. The largest absolute Gasteiger partial charge is 0.483 e. The van der Waals surface area contributed by atoms with Crippen LogP contribution in [0.25, 0.3) is 0 Å². The number of fused-ring (bicyclic) bond motifs is 1. The Kier molecular flexibility index (Phi) is 2.60. The smallest absolute Gasteiger partial charge is 0.154 e. The van der Waals surface area contributed by atoms with Gasteiger partial charge in [0.05, 0.1) is 5.69 Å². The highest BCUT2D eigenvalue weighted by molar-refractivity contribution is 7.11. The van der Waals surface area contributed by atoms with E-state index in [9.17, 15) is 0 Å². The normalized spacial score (nSPS) is 21.2.